The molecule has 0 saturated heterocycles. The molecule has 8 nitrogen and oxygen atoms in total. The van der Waals surface area contributed by atoms with Gasteiger partial charge < -0.3 is 15.0 Å². The van der Waals surface area contributed by atoms with Gasteiger partial charge in [-0.15, -0.1) is 11.8 Å². The van der Waals surface area contributed by atoms with E-state index in [-0.39, 0.29) is 35.0 Å². The summed E-state index contributed by atoms with van der Waals surface area (Å²) < 4.78 is 49.5. The number of carbonyl (C=O) groups excluding carboxylic acids is 2. The first kappa shape index (κ1) is 32.0. The Morgan fingerprint density at radius 1 is 1.00 bits per heavy atom. The maximum absolute atomic E-state index is 14.7. The van der Waals surface area contributed by atoms with Gasteiger partial charge in [-0.05, 0) is 69.0 Å². The lowest BCUT2D eigenvalue weighted by molar-refractivity contribution is -0.139. The zero-order chi connectivity index (χ0) is 30.0. The van der Waals surface area contributed by atoms with E-state index < -0.39 is 40.2 Å². The molecule has 0 aliphatic carbocycles. The van der Waals surface area contributed by atoms with Gasteiger partial charge >= 0.3 is 0 Å². The molecule has 0 bridgehead atoms. The second-order valence-corrected chi connectivity index (χ2v) is 11.9. The van der Waals surface area contributed by atoms with Crippen LogP contribution in [0.15, 0.2) is 82.6 Å². The van der Waals surface area contributed by atoms with Crippen LogP contribution in [-0.4, -0.2) is 57.1 Å². The Morgan fingerprint density at radius 2 is 1.66 bits per heavy atom. The molecule has 0 fully saturated rings. The molecule has 2 amide bonds. The van der Waals surface area contributed by atoms with Gasteiger partial charge in [0, 0.05) is 23.5 Å². The third kappa shape index (κ3) is 8.01. The molecule has 3 aromatic rings. The third-order valence-electron chi connectivity index (χ3n) is 6.38. The summed E-state index contributed by atoms with van der Waals surface area (Å²) in [4.78, 5) is 29.0. The Morgan fingerprint density at radius 3 is 2.29 bits per heavy atom. The van der Waals surface area contributed by atoms with Gasteiger partial charge in [0.1, 0.15) is 24.2 Å². The molecule has 0 unspecified atom stereocenters. The number of anilines is 1. The fraction of sp³-hybridized carbons (Fsp3) is 0.333. The summed E-state index contributed by atoms with van der Waals surface area (Å²) in [7, 11) is -4.27. The van der Waals surface area contributed by atoms with Crippen molar-refractivity contribution in [2.75, 3.05) is 30.3 Å². The van der Waals surface area contributed by atoms with Crippen molar-refractivity contribution in [1.82, 2.24) is 10.2 Å². The van der Waals surface area contributed by atoms with Crippen LogP contribution < -0.4 is 14.4 Å². The SMILES string of the molecule is CCCNC(=O)[C@@H](C)N(Cc1ccccc1F)C(=O)CN(c1ccccc1OCC)S(=O)(=O)c1ccc(SC)cc1. The molecule has 0 heterocycles. The Bertz CT molecular complexity index is 1430. The molecule has 0 radical (unpaired) electrons. The van der Waals surface area contributed by atoms with Crippen molar-refractivity contribution in [3.05, 3.63) is 84.2 Å². The maximum atomic E-state index is 14.7. The topological polar surface area (TPSA) is 96.0 Å². The van der Waals surface area contributed by atoms with Crippen molar-refractivity contribution in [2.24, 2.45) is 0 Å². The van der Waals surface area contributed by atoms with E-state index in [0.29, 0.717) is 13.0 Å². The quantitative estimate of drug-likeness (QED) is 0.259. The molecule has 41 heavy (non-hydrogen) atoms. The number of benzene rings is 3. The lowest BCUT2D eigenvalue weighted by Crippen LogP contribution is -2.51. The fourth-order valence-corrected chi connectivity index (χ4v) is 5.95. The van der Waals surface area contributed by atoms with Crippen LogP contribution in [-0.2, 0) is 26.2 Å². The van der Waals surface area contributed by atoms with Gasteiger partial charge in [0.25, 0.3) is 10.0 Å². The number of para-hydroxylation sites is 2. The maximum Gasteiger partial charge on any atom is 0.264 e. The molecule has 3 aromatic carbocycles. The first-order valence-corrected chi connectivity index (χ1v) is 16.0. The predicted molar refractivity (Wildman–Crippen MR) is 160 cm³/mol. The van der Waals surface area contributed by atoms with Crippen LogP contribution in [0.4, 0.5) is 10.1 Å². The van der Waals surface area contributed by atoms with E-state index in [0.717, 1.165) is 9.20 Å². The third-order valence-corrected chi connectivity index (χ3v) is 8.89. The molecular weight excluding hydrogens is 565 g/mol. The lowest BCUT2D eigenvalue weighted by atomic mass is 10.1. The van der Waals surface area contributed by atoms with Crippen LogP contribution in [0.2, 0.25) is 0 Å². The number of thioether (sulfide) groups is 1. The van der Waals surface area contributed by atoms with Gasteiger partial charge in [0.05, 0.1) is 17.2 Å². The highest BCUT2D eigenvalue weighted by molar-refractivity contribution is 7.98. The van der Waals surface area contributed by atoms with Crippen molar-refractivity contribution in [3.63, 3.8) is 0 Å². The van der Waals surface area contributed by atoms with Crippen LogP contribution in [0.1, 0.15) is 32.8 Å². The second kappa shape index (κ2) is 14.9. The van der Waals surface area contributed by atoms with E-state index in [4.69, 9.17) is 4.74 Å². The van der Waals surface area contributed by atoms with Crippen molar-refractivity contribution in [2.45, 2.75) is 49.6 Å². The standard InChI is InChI=1S/C30H36FN3O5S2/c1-5-19-32-30(36)22(3)33(20-23-11-7-8-12-26(23)31)29(35)21-34(27-13-9-10-14-28(27)39-6-2)41(37,38)25-17-15-24(40-4)16-18-25/h7-18,22H,5-6,19-21H2,1-4H3,(H,32,36)/t22-/m1/s1. The van der Waals surface area contributed by atoms with Crippen molar-refractivity contribution in [1.29, 1.82) is 0 Å². The van der Waals surface area contributed by atoms with Crippen LogP contribution in [0.25, 0.3) is 0 Å². The van der Waals surface area contributed by atoms with E-state index in [9.17, 15) is 22.4 Å². The van der Waals surface area contributed by atoms with E-state index >= 15 is 0 Å². The number of nitrogens with zero attached hydrogens (tertiary/aromatic N) is 2. The number of ether oxygens (including phenoxy) is 1. The van der Waals surface area contributed by atoms with E-state index in [1.54, 1.807) is 49.4 Å². The molecule has 0 aliphatic rings. The zero-order valence-corrected chi connectivity index (χ0v) is 25.3. The Hall–Kier alpha value is -3.57. The molecule has 0 saturated carbocycles. The molecule has 0 spiro atoms. The summed E-state index contributed by atoms with van der Waals surface area (Å²) in [6.45, 7) is 5.02. The molecule has 3 rings (SSSR count). The average Bonchev–Trinajstić information content (AvgIpc) is 2.98. The van der Waals surface area contributed by atoms with Crippen molar-refractivity contribution in [3.8, 4) is 5.75 Å². The number of sulfonamides is 1. The van der Waals surface area contributed by atoms with Gasteiger partial charge in [-0.2, -0.15) is 0 Å². The van der Waals surface area contributed by atoms with Gasteiger partial charge in [-0.3, -0.25) is 13.9 Å². The van der Waals surface area contributed by atoms with Crippen LogP contribution in [0, 0.1) is 5.82 Å². The van der Waals surface area contributed by atoms with Crippen LogP contribution in [0.3, 0.4) is 0 Å². The largest absolute Gasteiger partial charge is 0.492 e. The van der Waals surface area contributed by atoms with Gasteiger partial charge in [0.2, 0.25) is 11.8 Å². The lowest BCUT2D eigenvalue weighted by Gasteiger charge is -2.32. The summed E-state index contributed by atoms with van der Waals surface area (Å²) in [5, 5.41) is 2.77. The summed E-state index contributed by atoms with van der Waals surface area (Å²) in [6.07, 6.45) is 2.57. The number of amides is 2. The summed E-state index contributed by atoms with van der Waals surface area (Å²) in [6, 6.07) is 17.9. The molecule has 220 valence electrons. The highest BCUT2D eigenvalue weighted by Gasteiger charge is 2.34. The summed E-state index contributed by atoms with van der Waals surface area (Å²) >= 11 is 1.47. The first-order chi connectivity index (χ1) is 19.6. The zero-order valence-electron chi connectivity index (χ0n) is 23.7. The Balaban J connectivity index is 2.08. The van der Waals surface area contributed by atoms with E-state index in [2.05, 4.69) is 5.32 Å². The van der Waals surface area contributed by atoms with Crippen molar-refractivity contribution < 1.29 is 27.1 Å². The molecule has 1 N–H and O–H groups in total. The van der Waals surface area contributed by atoms with E-state index in [1.165, 1.54) is 53.9 Å². The molecular formula is C30H36FN3O5S2. The Kier molecular flexibility index (Phi) is 11.6. The molecule has 0 aliphatic heterocycles. The number of hydrogen-bond donors (Lipinski definition) is 1. The predicted octanol–water partition coefficient (Wildman–Crippen LogP) is 5.09. The normalized spacial score (nSPS) is 11.9. The number of halogens is 1. The first-order valence-electron chi connectivity index (χ1n) is 13.3. The van der Waals surface area contributed by atoms with Gasteiger partial charge in [0.15, 0.2) is 0 Å². The van der Waals surface area contributed by atoms with Crippen LogP contribution >= 0.6 is 11.8 Å². The molecule has 0 aromatic heterocycles. The second-order valence-electron chi connectivity index (χ2n) is 9.17. The van der Waals surface area contributed by atoms with Crippen molar-refractivity contribution >= 4 is 39.3 Å². The minimum atomic E-state index is -4.27. The minimum Gasteiger partial charge on any atom is -0.492 e. The molecule has 1 atom stereocenters. The minimum absolute atomic E-state index is 0.0104. The van der Waals surface area contributed by atoms with E-state index in [1.807, 2.05) is 13.2 Å². The molecule has 11 heteroatoms. The number of rotatable bonds is 14. The number of hydrogen-bond acceptors (Lipinski definition) is 6. The summed E-state index contributed by atoms with van der Waals surface area (Å²) in [5.74, 6) is -1.36. The number of nitrogens with one attached hydrogen (secondary N) is 1. The van der Waals surface area contributed by atoms with Gasteiger partial charge in [-0.1, -0.05) is 37.3 Å². The highest BCUT2D eigenvalue weighted by Crippen LogP contribution is 2.33. The Labute approximate surface area is 245 Å². The summed E-state index contributed by atoms with van der Waals surface area (Å²) in [5.41, 5.74) is 0.373. The smallest absolute Gasteiger partial charge is 0.264 e. The monoisotopic (exact) mass is 601 g/mol. The van der Waals surface area contributed by atoms with Gasteiger partial charge in [-0.25, -0.2) is 12.8 Å². The average molecular weight is 602 g/mol. The fourth-order valence-electron chi connectivity index (χ4n) is 4.12. The van der Waals surface area contributed by atoms with Crippen LogP contribution in [0.5, 0.6) is 5.75 Å². The number of carbonyl (C=O) groups is 2. The highest BCUT2D eigenvalue weighted by atomic mass is 32.2.